The third-order valence-electron chi connectivity index (χ3n) is 3.31. The highest BCUT2D eigenvalue weighted by Gasteiger charge is 2.16. The molecule has 0 aliphatic carbocycles. The van der Waals surface area contributed by atoms with E-state index in [2.05, 4.69) is 15.4 Å². The van der Waals surface area contributed by atoms with Gasteiger partial charge in [0.1, 0.15) is 0 Å². The maximum absolute atomic E-state index is 12.1. The van der Waals surface area contributed by atoms with Crippen LogP contribution in [0.1, 0.15) is 19.4 Å². The van der Waals surface area contributed by atoms with Crippen molar-refractivity contribution in [2.24, 2.45) is 0 Å². The summed E-state index contributed by atoms with van der Waals surface area (Å²) in [5.74, 6) is -0.500. The molecule has 0 aliphatic heterocycles. The molecular weight excluding hydrogens is 344 g/mol. The minimum Gasteiger partial charge on any atom is -0.353 e. The number of anilines is 1. The molecule has 0 saturated carbocycles. The highest BCUT2D eigenvalue weighted by molar-refractivity contribution is 7.89. The molecule has 0 radical (unpaired) electrons. The lowest BCUT2D eigenvalue weighted by atomic mass is 10.2. The maximum Gasteiger partial charge on any atom is 0.240 e. The number of sulfonamides is 1. The van der Waals surface area contributed by atoms with E-state index in [4.69, 9.17) is 0 Å². The van der Waals surface area contributed by atoms with Gasteiger partial charge in [0.2, 0.25) is 21.8 Å². The molecule has 0 aromatic heterocycles. The van der Waals surface area contributed by atoms with Crippen molar-refractivity contribution in [2.75, 3.05) is 32.5 Å². The summed E-state index contributed by atoms with van der Waals surface area (Å²) in [6.07, 6.45) is 0. The standard InChI is InChI=1S/C16H26N4O4S/c1-11(2)18-15(21)9-20(5)10-16(22)19-13-7-6-12(3)14(8-13)25(23,24)17-4/h6-8,11,17H,9-10H2,1-5H3,(H,18,21)(H,19,22). The van der Waals surface area contributed by atoms with Crippen molar-refractivity contribution in [3.05, 3.63) is 23.8 Å². The van der Waals surface area contributed by atoms with E-state index in [1.54, 1.807) is 31.0 Å². The van der Waals surface area contributed by atoms with Crippen LogP contribution in [0.15, 0.2) is 23.1 Å². The number of amides is 2. The average Bonchev–Trinajstić information content (AvgIpc) is 2.47. The lowest BCUT2D eigenvalue weighted by Gasteiger charge is -2.17. The second-order valence-electron chi connectivity index (χ2n) is 6.13. The molecule has 0 atom stereocenters. The number of benzene rings is 1. The molecule has 140 valence electrons. The summed E-state index contributed by atoms with van der Waals surface area (Å²) in [5.41, 5.74) is 0.958. The van der Waals surface area contributed by atoms with Crippen molar-refractivity contribution in [3.63, 3.8) is 0 Å². The Labute approximate surface area is 149 Å². The van der Waals surface area contributed by atoms with Crippen LogP contribution in [0.3, 0.4) is 0 Å². The monoisotopic (exact) mass is 370 g/mol. The molecule has 1 aromatic rings. The lowest BCUT2D eigenvalue weighted by Crippen LogP contribution is -2.41. The Morgan fingerprint density at radius 3 is 2.32 bits per heavy atom. The highest BCUT2D eigenvalue weighted by Crippen LogP contribution is 2.19. The third-order valence-corrected chi connectivity index (χ3v) is 4.86. The molecule has 0 bridgehead atoms. The smallest absolute Gasteiger partial charge is 0.240 e. The molecule has 1 aromatic carbocycles. The number of nitrogens with one attached hydrogen (secondary N) is 3. The molecule has 9 heteroatoms. The van der Waals surface area contributed by atoms with Crippen LogP contribution in [-0.2, 0) is 19.6 Å². The molecule has 2 amide bonds. The molecule has 0 fully saturated rings. The number of rotatable bonds is 8. The zero-order valence-corrected chi connectivity index (χ0v) is 16.0. The predicted molar refractivity (Wildman–Crippen MR) is 96.8 cm³/mol. The zero-order valence-electron chi connectivity index (χ0n) is 15.2. The third kappa shape index (κ3) is 6.81. The fourth-order valence-electron chi connectivity index (χ4n) is 2.19. The van der Waals surface area contributed by atoms with Crippen LogP contribution in [0.2, 0.25) is 0 Å². The second kappa shape index (κ2) is 8.93. The van der Waals surface area contributed by atoms with Gasteiger partial charge >= 0.3 is 0 Å². The lowest BCUT2D eigenvalue weighted by molar-refractivity contribution is -0.123. The summed E-state index contributed by atoms with van der Waals surface area (Å²) >= 11 is 0. The first-order valence-corrected chi connectivity index (χ1v) is 9.35. The second-order valence-corrected chi connectivity index (χ2v) is 7.99. The van der Waals surface area contributed by atoms with E-state index in [-0.39, 0.29) is 35.8 Å². The quantitative estimate of drug-likeness (QED) is 0.610. The van der Waals surface area contributed by atoms with Gasteiger partial charge in [0, 0.05) is 11.7 Å². The van der Waals surface area contributed by atoms with Crippen molar-refractivity contribution < 1.29 is 18.0 Å². The molecule has 0 heterocycles. The Morgan fingerprint density at radius 1 is 1.16 bits per heavy atom. The van der Waals surface area contributed by atoms with Crippen LogP contribution in [0.4, 0.5) is 5.69 Å². The van der Waals surface area contributed by atoms with Gasteiger partial charge in [0.15, 0.2) is 0 Å². The maximum atomic E-state index is 12.1. The van der Waals surface area contributed by atoms with Gasteiger partial charge in [-0.2, -0.15) is 0 Å². The van der Waals surface area contributed by atoms with Gasteiger partial charge in [-0.15, -0.1) is 0 Å². The number of hydrogen-bond acceptors (Lipinski definition) is 5. The zero-order chi connectivity index (χ0) is 19.2. The number of carbonyl (C=O) groups excluding carboxylic acids is 2. The number of nitrogens with zero attached hydrogens (tertiary/aromatic N) is 1. The van der Waals surface area contributed by atoms with Gasteiger partial charge in [-0.25, -0.2) is 13.1 Å². The Hall–Kier alpha value is -1.97. The minimum absolute atomic E-state index is 0.00744. The topological polar surface area (TPSA) is 108 Å². The molecule has 25 heavy (non-hydrogen) atoms. The number of likely N-dealkylation sites (N-methyl/N-ethyl adjacent to an activating group) is 1. The average molecular weight is 370 g/mol. The van der Waals surface area contributed by atoms with Crippen molar-refractivity contribution in [1.29, 1.82) is 0 Å². The van der Waals surface area contributed by atoms with Gasteiger partial charge in [0.25, 0.3) is 0 Å². The van der Waals surface area contributed by atoms with Gasteiger partial charge in [-0.3, -0.25) is 14.5 Å². The van der Waals surface area contributed by atoms with Crippen molar-refractivity contribution >= 4 is 27.5 Å². The molecule has 3 N–H and O–H groups in total. The Morgan fingerprint density at radius 2 is 1.76 bits per heavy atom. The molecular formula is C16H26N4O4S. The van der Waals surface area contributed by atoms with Gasteiger partial charge in [0.05, 0.1) is 18.0 Å². The van der Waals surface area contributed by atoms with E-state index in [9.17, 15) is 18.0 Å². The molecule has 0 aliphatic rings. The summed E-state index contributed by atoms with van der Waals surface area (Å²) < 4.78 is 26.2. The number of aryl methyl sites for hydroxylation is 1. The molecule has 0 unspecified atom stereocenters. The summed E-state index contributed by atoms with van der Waals surface area (Å²) in [6, 6.07) is 4.70. The molecule has 8 nitrogen and oxygen atoms in total. The highest BCUT2D eigenvalue weighted by atomic mass is 32.2. The SMILES string of the molecule is CNS(=O)(=O)c1cc(NC(=O)CN(C)CC(=O)NC(C)C)ccc1C. The van der Waals surface area contributed by atoms with Crippen LogP contribution in [0, 0.1) is 6.92 Å². The Bertz CT molecular complexity index is 732. The van der Waals surface area contributed by atoms with Crippen LogP contribution in [-0.4, -0.2) is 58.4 Å². The van der Waals surface area contributed by atoms with Gasteiger partial charge in [-0.05, 0) is 52.6 Å². The normalized spacial score (nSPS) is 11.6. The first-order valence-electron chi connectivity index (χ1n) is 7.87. The summed E-state index contributed by atoms with van der Waals surface area (Å²) in [4.78, 5) is 25.4. The van der Waals surface area contributed by atoms with Crippen LogP contribution >= 0.6 is 0 Å². The number of hydrogen-bond donors (Lipinski definition) is 3. The molecule has 0 spiro atoms. The predicted octanol–water partition coefficient (Wildman–Crippen LogP) is 0.298. The van der Waals surface area contributed by atoms with Crippen LogP contribution in [0.5, 0.6) is 0 Å². The summed E-state index contributed by atoms with van der Waals surface area (Å²) in [5, 5.41) is 5.39. The van der Waals surface area contributed by atoms with E-state index >= 15 is 0 Å². The van der Waals surface area contributed by atoms with Gasteiger partial charge in [-0.1, -0.05) is 6.07 Å². The fourth-order valence-corrected chi connectivity index (χ4v) is 3.19. The van der Waals surface area contributed by atoms with E-state index in [0.717, 1.165) is 0 Å². The summed E-state index contributed by atoms with van der Waals surface area (Å²) in [6.45, 7) is 5.50. The molecule has 0 saturated heterocycles. The largest absolute Gasteiger partial charge is 0.353 e. The molecule has 1 rings (SSSR count). The fraction of sp³-hybridized carbons (Fsp3) is 0.500. The van der Waals surface area contributed by atoms with E-state index in [1.807, 2.05) is 13.8 Å². The van der Waals surface area contributed by atoms with E-state index in [0.29, 0.717) is 11.3 Å². The summed E-state index contributed by atoms with van der Waals surface area (Å²) in [7, 11) is -0.614. The van der Waals surface area contributed by atoms with Crippen molar-refractivity contribution in [2.45, 2.75) is 31.7 Å². The number of carbonyl (C=O) groups is 2. The Balaban J connectivity index is 2.72. The van der Waals surface area contributed by atoms with E-state index in [1.165, 1.54) is 13.1 Å². The van der Waals surface area contributed by atoms with Crippen LogP contribution in [0.25, 0.3) is 0 Å². The van der Waals surface area contributed by atoms with Crippen molar-refractivity contribution in [1.82, 2.24) is 14.9 Å². The van der Waals surface area contributed by atoms with E-state index < -0.39 is 10.0 Å². The first-order chi connectivity index (χ1) is 11.5. The Kier molecular flexibility index (Phi) is 7.53. The first kappa shape index (κ1) is 21.1. The van der Waals surface area contributed by atoms with Crippen LogP contribution < -0.4 is 15.4 Å². The minimum atomic E-state index is -3.60. The van der Waals surface area contributed by atoms with Gasteiger partial charge < -0.3 is 10.6 Å². The van der Waals surface area contributed by atoms with Crippen molar-refractivity contribution in [3.8, 4) is 0 Å².